The van der Waals surface area contributed by atoms with Gasteiger partial charge in [-0.3, -0.25) is 4.99 Å². The highest BCUT2D eigenvalue weighted by atomic mass is 19.4. The quantitative estimate of drug-likeness (QED) is 0.689. The molecule has 0 unspecified atom stereocenters. The Kier molecular flexibility index (Phi) is 5.04. The fraction of sp³-hybridized carbons (Fsp3) is 0.409. The second-order valence-corrected chi connectivity index (χ2v) is 7.66. The van der Waals surface area contributed by atoms with E-state index in [1.54, 1.807) is 12.1 Å². The van der Waals surface area contributed by atoms with Gasteiger partial charge in [-0.15, -0.1) is 13.2 Å². The first-order chi connectivity index (χ1) is 13.4. The van der Waals surface area contributed by atoms with Gasteiger partial charge in [0.25, 0.3) is 0 Å². The standard InChI is InChI=1S/C22H23F3N2O/c23-22(24,25)28-18-10-8-16(9-11-18)15-26-20-21(12-4-1-5-13-21)14-17-6-2-3-7-19(17)27-20/h2-3,6-11H,1,4-5,12-15H2,(H,26,27). The number of halogens is 3. The van der Waals surface area contributed by atoms with Gasteiger partial charge in [0, 0.05) is 11.1 Å². The second kappa shape index (κ2) is 7.49. The van der Waals surface area contributed by atoms with Crippen molar-refractivity contribution in [2.24, 2.45) is 10.4 Å². The first kappa shape index (κ1) is 18.8. The Bertz CT molecular complexity index is 853. The molecule has 1 heterocycles. The molecule has 28 heavy (non-hydrogen) atoms. The lowest BCUT2D eigenvalue weighted by atomic mass is 9.67. The van der Waals surface area contributed by atoms with Crippen LogP contribution in [-0.2, 0) is 13.0 Å². The number of benzene rings is 2. The molecule has 0 bridgehead atoms. The van der Waals surface area contributed by atoms with Crippen LogP contribution in [0.4, 0.5) is 18.9 Å². The van der Waals surface area contributed by atoms with Crippen LogP contribution >= 0.6 is 0 Å². The predicted molar refractivity (Wildman–Crippen MR) is 104 cm³/mol. The van der Waals surface area contributed by atoms with E-state index in [0.717, 1.165) is 36.3 Å². The molecule has 148 valence electrons. The maximum atomic E-state index is 12.3. The summed E-state index contributed by atoms with van der Waals surface area (Å²) in [6, 6.07) is 14.3. The number of rotatable bonds is 3. The van der Waals surface area contributed by atoms with Crippen molar-refractivity contribution in [2.75, 3.05) is 5.32 Å². The SMILES string of the molecule is FC(F)(F)Oc1ccc(CN=C2Nc3ccccc3CC23CCCCC3)cc1. The molecule has 0 amide bonds. The molecule has 1 saturated carbocycles. The van der Waals surface area contributed by atoms with E-state index in [9.17, 15) is 13.2 Å². The Morgan fingerprint density at radius 2 is 1.68 bits per heavy atom. The summed E-state index contributed by atoms with van der Waals surface area (Å²) in [7, 11) is 0. The van der Waals surface area contributed by atoms with Crippen molar-refractivity contribution in [1.82, 2.24) is 0 Å². The van der Waals surface area contributed by atoms with Crippen LogP contribution in [0.1, 0.15) is 43.2 Å². The maximum Gasteiger partial charge on any atom is 0.573 e. The van der Waals surface area contributed by atoms with Gasteiger partial charge in [0.15, 0.2) is 0 Å². The molecule has 0 aromatic heterocycles. The number of alkyl halides is 3. The summed E-state index contributed by atoms with van der Waals surface area (Å²) in [5.41, 5.74) is 3.34. The minimum Gasteiger partial charge on any atom is -0.406 e. The Labute approximate surface area is 162 Å². The number of fused-ring (bicyclic) bond motifs is 1. The number of amidine groups is 1. The van der Waals surface area contributed by atoms with Crippen molar-refractivity contribution in [1.29, 1.82) is 0 Å². The van der Waals surface area contributed by atoms with Crippen LogP contribution < -0.4 is 10.1 Å². The summed E-state index contributed by atoms with van der Waals surface area (Å²) in [6.07, 6.45) is 2.22. The largest absolute Gasteiger partial charge is 0.573 e. The lowest BCUT2D eigenvalue weighted by Crippen LogP contribution is -2.43. The van der Waals surface area contributed by atoms with Gasteiger partial charge in [-0.2, -0.15) is 0 Å². The highest BCUT2D eigenvalue weighted by Gasteiger charge is 2.40. The van der Waals surface area contributed by atoms with Gasteiger partial charge >= 0.3 is 6.36 Å². The van der Waals surface area contributed by atoms with Gasteiger partial charge in [0.1, 0.15) is 11.6 Å². The van der Waals surface area contributed by atoms with Gasteiger partial charge in [0.2, 0.25) is 0 Å². The Morgan fingerprint density at radius 3 is 2.39 bits per heavy atom. The molecule has 1 N–H and O–H groups in total. The van der Waals surface area contributed by atoms with Gasteiger partial charge in [-0.25, -0.2) is 0 Å². The molecule has 6 heteroatoms. The van der Waals surface area contributed by atoms with Crippen LogP contribution in [-0.4, -0.2) is 12.2 Å². The summed E-state index contributed by atoms with van der Waals surface area (Å²) >= 11 is 0. The van der Waals surface area contributed by atoms with E-state index in [4.69, 9.17) is 4.99 Å². The summed E-state index contributed by atoms with van der Waals surface area (Å²) in [5.74, 6) is 0.805. The summed E-state index contributed by atoms with van der Waals surface area (Å²) in [6.45, 7) is 0.429. The van der Waals surface area contributed by atoms with Gasteiger partial charge in [-0.1, -0.05) is 49.6 Å². The third kappa shape index (κ3) is 4.16. The molecule has 0 saturated heterocycles. The average molecular weight is 388 g/mol. The van der Waals surface area contributed by atoms with E-state index >= 15 is 0 Å². The molecular weight excluding hydrogens is 365 g/mol. The number of nitrogens with zero attached hydrogens (tertiary/aromatic N) is 1. The second-order valence-electron chi connectivity index (χ2n) is 7.66. The highest BCUT2D eigenvalue weighted by molar-refractivity contribution is 6.02. The zero-order valence-electron chi connectivity index (χ0n) is 15.6. The monoisotopic (exact) mass is 388 g/mol. The minimum atomic E-state index is -4.67. The van der Waals surface area contributed by atoms with Crippen molar-refractivity contribution in [3.05, 3.63) is 59.7 Å². The Balaban J connectivity index is 1.55. The van der Waals surface area contributed by atoms with Crippen molar-refractivity contribution in [3.8, 4) is 5.75 Å². The molecule has 4 rings (SSSR count). The maximum absolute atomic E-state index is 12.3. The topological polar surface area (TPSA) is 33.6 Å². The van der Waals surface area contributed by atoms with E-state index in [2.05, 4.69) is 28.3 Å². The smallest absolute Gasteiger partial charge is 0.406 e. The summed E-state index contributed by atoms with van der Waals surface area (Å²) in [5, 5.41) is 3.55. The molecule has 0 radical (unpaired) electrons. The van der Waals surface area contributed by atoms with Crippen LogP contribution in [0.3, 0.4) is 0 Å². The summed E-state index contributed by atoms with van der Waals surface area (Å²) in [4.78, 5) is 4.88. The number of hydrogen-bond acceptors (Lipinski definition) is 2. The van der Waals surface area contributed by atoms with Crippen molar-refractivity contribution in [2.45, 2.75) is 51.4 Å². The van der Waals surface area contributed by atoms with Crippen LogP contribution in [0.2, 0.25) is 0 Å². The van der Waals surface area contributed by atoms with Crippen LogP contribution in [0.15, 0.2) is 53.5 Å². The molecule has 1 aliphatic heterocycles. The van der Waals surface area contributed by atoms with E-state index in [-0.39, 0.29) is 11.2 Å². The molecule has 2 aromatic rings. The molecule has 0 atom stereocenters. The number of aliphatic imine (C=N–C) groups is 1. The number of hydrogen-bond donors (Lipinski definition) is 1. The van der Waals surface area contributed by atoms with Crippen LogP contribution in [0, 0.1) is 5.41 Å². The van der Waals surface area contributed by atoms with E-state index in [0.29, 0.717) is 6.54 Å². The lowest BCUT2D eigenvalue weighted by Gasteiger charge is -2.42. The first-order valence-electron chi connectivity index (χ1n) is 9.68. The summed E-state index contributed by atoms with van der Waals surface area (Å²) < 4.78 is 40.8. The molecule has 1 spiro atoms. The van der Waals surface area contributed by atoms with Crippen molar-refractivity contribution in [3.63, 3.8) is 0 Å². The van der Waals surface area contributed by atoms with Crippen molar-refractivity contribution >= 4 is 11.5 Å². The fourth-order valence-electron chi connectivity index (χ4n) is 4.32. The third-order valence-electron chi connectivity index (χ3n) is 5.69. The number of nitrogens with one attached hydrogen (secondary N) is 1. The fourth-order valence-corrected chi connectivity index (χ4v) is 4.32. The Morgan fingerprint density at radius 1 is 0.964 bits per heavy atom. The van der Waals surface area contributed by atoms with E-state index in [1.807, 2.05) is 6.07 Å². The van der Waals surface area contributed by atoms with Crippen molar-refractivity contribution < 1.29 is 17.9 Å². The minimum absolute atomic E-state index is 0.0476. The van der Waals surface area contributed by atoms with Gasteiger partial charge < -0.3 is 10.1 Å². The third-order valence-corrected chi connectivity index (χ3v) is 5.69. The van der Waals surface area contributed by atoms with E-state index < -0.39 is 6.36 Å². The molecule has 1 aliphatic carbocycles. The molecule has 1 fully saturated rings. The highest BCUT2D eigenvalue weighted by Crippen LogP contribution is 2.45. The molecule has 2 aromatic carbocycles. The lowest BCUT2D eigenvalue weighted by molar-refractivity contribution is -0.274. The number of para-hydroxylation sites is 1. The van der Waals surface area contributed by atoms with Crippen LogP contribution in [0.25, 0.3) is 0 Å². The first-order valence-corrected chi connectivity index (χ1v) is 9.68. The predicted octanol–water partition coefficient (Wildman–Crippen LogP) is 6.10. The number of ether oxygens (including phenoxy) is 1. The Hall–Kier alpha value is -2.50. The molecule has 2 aliphatic rings. The molecular formula is C22H23F3N2O. The molecule has 3 nitrogen and oxygen atoms in total. The van der Waals surface area contributed by atoms with Crippen LogP contribution in [0.5, 0.6) is 5.75 Å². The zero-order valence-corrected chi connectivity index (χ0v) is 15.6. The van der Waals surface area contributed by atoms with Gasteiger partial charge in [-0.05, 0) is 48.6 Å². The normalized spacial score (nSPS) is 19.9. The van der Waals surface area contributed by atoms with E-state index in [1.165, 1.54) is 37.0 Å². The number of anilines is 1. The van der Waals surface area contributed by atoms with Gasteiger partial charge in [0.05, 0.1) is 6.54 Å². The average Bonchev–Trinajstić information content (AvgIpc) is 2.67. The zero-order chi connectivity index (χ0) is 19.6.